The largest absolute Gasteiger partial charge is 0.381 e. The van der Waals surface area contributed by atoms with E-state index in [1.807, 2.05) is 7.11 Å². The molecule has 2 nitrogen and oxygen atoms in total. The van der Waals surface area contributed by atoms with Crippen LogP contribution in [0.2, 0.25) is 0 Å². The Labute approximate surface area is 97.0 Å². The quantitative estimate of drug-likeness (QED) is 0.580. The first kappa shape index (κ1) is 11.4. The van der Waals surface area contributed by atoms with Crippen molar-refractivity contribution in [3.63, 3.8) is 0 Å². The van der Waals surface area contributed by atoms with Gasteiger partial charge in [-0.1, -0.05) is 11.6 Å². The van der Waals surface area contributed by atoms with Gasteiger partial charge >= 0.3 is 0 Å². The lowest BCUT2D eigenvalue weighted by molar-refractivity contribution is 0.0610. The summed E-state index contributed by atoms with van der Waals surface area (Å²) in [4.78, 5) is 0. The van der Waals surface area contributed by atoms with Crippen molar-refractivity contribution in [3.05, 3.63) is 11.6 Å². The fourth-order valence-electron chi connectivity index (χ4n) is 2.65. The Hall–Kier alpha value is -0.0500. The SMILES string of the molecule is COC1CCC(C2=CC(Cl)CNC2)CC1. The molecule has 1 atom stereocenters. The van der Waals surface area contributed by atoms with Gasteiger partial charge in [0.2, 0.25) is 0 Å². The predicted octanol–water partition coefficient (Wildman–Crippen LogP) is 2.33. The van der Waals surface area contributed by atoms with Crippen LogP contribution in [0.25, 0.3) is 0 Å². The first-order valence-corrected chi connectivity index (χ1v) is 6.31. The van der Waals surface area contributed by atoms with Crippen LogP contribution in [-0.2, 0) is 4.74 Å². The fourth-order valence-corrected chi connectivity index (χ4v) is 2.93. The average Bonchev–Trinajstić information content (AvgIpc) is 2.29. The Bertz CT molecular complexity index is 234. The Kier molecular flexibility index (Phi) is 4.06. The maximum atomic E-state index is 6.12. The van der Waals surface area contributed by atoms with E-state index in [9.17, 15) is 0 Å². The molecule has 2 aliphatic rings. The molecule has 1 saturated carbocycles. The lowest BCUT2D eigenvalue weighted by Gasteiger charge is -2.31. The minimum absolute atomic E-state index is 0.189. The minimum Gasteiger partial charge on any atom is -0.381 e. The molecule has 1 aliphatic heterocycles. The van der Waals surface area contributed by atoms with Crippen molar-refractivity contribution in [3.8, 4) is 0 Å². The highest BCUT2D eigenvalue weighted by Gasteiger charge is 2.25. The Morgan fingerprint density at radius 3 is 2.67 bits per heavy atom. The molecular formula is C12H20ClNO. The molecule has 1 aliphatic carbocycles. The van der Waals surface area contributed by atoms with Gasteiger partial charge in [0.1, 0.15) is 0 Å². The number of halogens is 1. The van der Waals surface area contributed by atoms with Crippen molar-refractivity contribution in [2.75, 3.05) is 20.2 Å². The van der Waals surface area contributed by atoms with E-state index in [0.29, 0.717) is 6.10 Å². The molecule has 0 bridgehead atoms. The lowest BCUT2D eigenvalue weighted by atomic mass is 9.81. The topological polar surface area (TPSA) is 21.3 Å². The predicted molar refractivity (Wildman–Crippen MR) is 63.3 cm³/mol. The molecule has 0 saturated heterocycles. The highest BCUT2D eigenvalue weighted by Crippen LogP contribution is 2.32. The highest BCUT2D eigenvalue weighted by atomic mass is 35.5. The summed E-state index contributed by atoms with van der Waals surface area (Å²) < 4.78 is 5.39. The zero-order chi connectivity index (χ0) is 10.7. The zero-order valence-electron chi connectivity index (χ0n) is 9.34. The molecule has 0 amide bonds. The number of ether oxygens (including phenoxy) is 1. The standard InChI is InChI=1S/C12H20ClNO/c1-15-12-4-2-9(3-5-12)10-6-11(13)8-14-7-10/h6,9,11-12,14H,2-5,7-8H2,1H3. The maximum absolute atomic E-state index is 6.12. The Balaban J connectivity index is 1.89. The summed E-state index contributed by atoms with van der Waals surface area (Å²) in [7, 11) is 1.82. The number of hydrogen-bond acceptors (Lipinski definition) is 2. The van der Waals surface area contributed by atoms with Crippen LogP contribution in [0.3, 0.4) is 0 Å². The second-order valence-electron chi connectivity index (χ2n) is 4.60. The van der Waals surface area contributed by atoms with Crippen LogP contribution in [0, 0.1) is 5.92 Å². The van der Waals surface area contributed by atoms with Crippen LogP contribution >= 0.6 is 11.6 Å². The fraction of sp³-hybridized carbons (Fsp3) is 0.833. The molecule has 86 valence electrons. The normalized spacial score (nSPS) is 37.5. The molecule has 1 unspecified atom stereocenters. The van der Waals surface area contributed by atoms with E-state index in [1.165, 1.54) is 31.3 Å². The smallest absolute Gasteiger partial charge is 0.0643 e. The van der Waals surface area contributed by atoms with E-state index in [2.05, 4.69) is 11.4 Å². The van der Waals surface area contributed by atoms with Gasteiger partial charge in [0.05, 0.1) is 11.5 Å². The van der Waals surface area contributed by atoms with Gasteiger partial charge in [0, 0.05) is 20.2 Å². The molecular weight excluding hydrogens is 210 g/mol. The summed E-state index contributed by atoms with van der Waals surface area (Å²) in [5.41, 5.74) is 1.52. The molecule has 1 fully saturated rings. The molecule has 2 rings (SSSR count). The van der Waals surface area contributed by atoms with Crippen molar-refractivity contribution in [2.24, 2.45) is 5.92 Å². The van der Waals surface area contributed by atoms with Gasteiger partial charge in [-0.05, 0) is 31.6 Å². The van der Waals surface area contributed by atoms with E-state index in [0.717, 1.165) is 19.0 Å². The van der Waals surface area contributed by atoms with Crippen molar-refractivity contribution in [1.29, 1.82) is 0 Å². The average molecular weight is 230 g/mol. The molecule has 3 heteroatoms. The molecule has 0 aromatic rings. The van der Waals surface area contributed by atoms with E-state index >= 15 is 0 Å². The number of hydrogen-bond donors (Lipinski definition) is 1. The van der Waals surface area contributed by atoms with Gasteiger partial charge in [-0.2, -0.15) is 0 Å². The van der Waals surface area contributed by atoms with Gasteiger partial charge in [0.25, 0.3) is 0 Å². The second-order valence-corrected chi connectivity index (χ2v) is 5.16. The van der Waals surface area contributed by atoms with Crippen LogP contribution in [0.5, 0.6) is 0 Å². The van der Waals surface area contributed by atoms with Crippen LogP contribution in [0.1, 0.15) is 25.7 Å². The first-order valence-electron chi connectivity index (χ1n) is 5.87. The van der Waals surface area contributed by atoms with Crippen molar-refractivity contribution in [2.45, 2.75) is 37.2 Å². The second kappa shape index (κ2) is 5.33. The summed E-state index contributed by atoms with van der Waals surface area (Å²) in [6.07, 6.45) is 7.67. The summed E-state index contributed by atoms with van der Waals surface area (Å²) in [6.45, 7) is 1.95. The number of nitrogens with one attached hydrogen (secondary N) is 1. The number of alkyl halides is 1. The van der Waals surface area contributed by atoms with E-state index < -0.39 is 0 Å². The Morgan fingerprint density at radius 1 is 1.33 bits per heavy atom. The molecule has 1 heterocycles. The third-order valence-corrected chi connectivity index (χ3v) is 3.88. The monoisotopic (exact) mass is 229 g/mol. The van der Waals surface area contributed by atoms with E-state index in [1.54, 1.807) is 0 Å². The summed E-state index contributed by atoms with van der Waals surface area (Å²) in [5.74, 6) is 0.741. The van der Waals surface area contributed by atoms with Crippen LogP contribution in [-0.4, -0.2) is 31.7 Å². The minimum atomic E-state index is 0.189. The van der Waals surface area contributed by atoms with E-state index in [-0.39, 0.29) is 5.38 Å². The molecule has 1 N–H and O–H groups in total. The third-order valence-electron chi connectivity index (χ3n) is 3.60. The van der Waals surface area contributed by atoms with Crippen molar-refractivity contribution >= 4 is 11.6 Å². The van der Waals surface area contributed by atoms with Gasteiger partial charge in [-0.25, -0.2) is 0 Å². The van der Waals surface area contributed by atoms with Crippen molar-refractivity contribution < 1.29 is 4.74 Å². The van der Waals surface area contributed by atoms with E-state index in [4.69, 9.17) is 16.3 Å². The van der Waals surface area contributed by atoms with Crippen LogP contribution in [0.15, 0.2) is 11.6 Å². The Morgan fingerprint density at radius 2 is 2.07 bits per heavy atom. The lowest BCUT2D eigenvalue weighted by Crippen LogP contribution is -2.33. The maximum Gasteiger partial charge on any atom is 0.0643 e. The summed E-state index contributed by atoms with van der Waals surface area (Å²) >= 11 is 6.12. The van der Waals surface area contributed by atoms with Gasteiger partial charge in [0.15, 0.2) is 0 Å². The van der Waals surface area contributed by atoms with Crippen LogP contribution in [0.4, 0.5) is 0 Å². The molecule has 0 aromatic carbocycles. The molecule has 0 aromatic heterocycles. The number of methoxy groups -OCH3 is 1. The van der Waals surface area contributed by atoms with Gasteiger partial charge < -0.3 is 10.1 Å². The molecule has 0 radical (unpaired) electrons. The van der Waals surface area contributed by atoms with Gasteiger partial charge in [-0.3, -0.25) is 0 Å². The first-order chi connectivity index (χ1) is 7.29. The van der Waals surface area contributed by atoms with Gasteiger partial charge in [-0.15, -0.1) is 11.6 Å². The van der Waals surface area contributed by atoms with Crippen molar-refractivity contribution in [1.82, 2.24) is 5.32 Å². The summed E-state index contributed by atoms with van der Waals surface area (Å²) in [6, 6.07) is 0. The molecule has 15 heavy (non-hydrogen) atoms. The third kappa shape index (κ3) is 2.96. The summed E-state index contributed by atoms with van der Waals surface area (Å²) in [5, 5.41) is 3.56. The number of rotatable bonds is 2. The van der Waals surface area contributed by atoms with Crippen LogP contribution < -0.4 is 5.32 Å². The highest BCUT2D eigenvalue weighted by molar-refractivity contribution is 6.22. The molecule has 0 spiro atoms. The zero-order valence-corrected chi connectivity index (χ0v) is 10.1.